The summed E-state index contributed by atoms with van der Waals surface area (Å²) in [6.45, 7) is 0.189. The molecule has 3 aliphatic rings. The first-order valence-corrected chi connectivity index (χ1v) is 11.9. The molecule has 1 saturated heterocycles. The maximum atomic E-state index is 13.5. The zero-order valence-electron chi connectivity index (χ0n) is 19.1. The predicted molar refractivity (Wildman–Crippen MR) is 124 cm³/mol. The van der Waals surface area contributed by atoms with E-state index in [1.54, 1.807) is 4.57 Å². The average Bonchev–Trinajstić information content (AvgIpc) is 2.99. The van der Waals surface area contributed by atoms with Crippen molar-refractivity contribution in [2.45, 2.75) is 50.9 Å². The number of aliphatic hydroxyl groups excluding tert-OH is 1. The lowest BCUT2D eigenvalue weighted by molar-refractivity contribution is -0.127. The van der Waals surface area contributed by atoms with Gasteiger partial charge in [-0.2, -0.15) is 0 Å². The van der Waals surface area contributed by atoms with Gasteiger partial charge in [0.25, 0.3) is 5.56 Å². The number of carbonyl (C=O) groups excluding carboxylic acids is 1. The van der Waals surface area contributed by atoms with Crippen molar-refractivity contribution in [2.75, 3.05) is 13.7 Å². The molecule has 2 bridgehead atoms. The molecule has 5 rings (SSSR count). The molecular weight excluding hydrogens is 440 g/mol. The largest absolute Gasteiger partial charge is 0.396 e. The monoisotopic (exact) mass is 469 g/mol. The standard InChI is InChI=1S/C26H29F2N3O3/c1-30-22-13-31-21(8-7-19(26(31)34)16-5-3-2-4-6-16)24(30)23(20(22)14-32)25(33)29-12-15-9-17(27)11-18(28)10-15/h5,7-11,20,22-24,32H,2-4,6,12-14H2,1H3,(H,29,33)/t20-,22-,23+,24+/m0/s1. The first kappa shape index (κ1) is 22.9. The van der Waals surface area contributed by atoms with Gasteiger partial charge in [0.2, 0.25) is 5.91 Å². The molecule has 1 aromatic heterocycles. The number of hydrogen-bond donors (Lipinski definition) is 2. The molecule has 1 aromatic carbocycles. The molecule has 2 aromatic rings. The summed E-state index contributed by atoms with van der Waals surface area (Å²) in [4.78, 5) is 28.8. The minimum atomic E-state index is -0.703. The van der Waals surface area contributed by atoms with Gasteiger partial charge < -0.3 is 15.0 Å². The molecule has 6 nitrogen and oxygen atoms in total. The second-order valence-corrected chi connectivity index (χ2v) is 9.61. The normalized spacial score (nSPS) is 26.2. The second-order valence-electron chi connectivity index (χ2n) is 9.61. The van der Waals surface area contributed by atoms with E-state index in [4.69, 9.17) is 0 Å². The Morgan fingerprint density at radius 2 is 1.94 bits per heavy atom. The Balaban J connectivity index is 1.45. The number of nitrogens with one attached hydrogen (secondary N) is 1. The number of nitrogens with zero attached hydrogens (tertiary/aromatic N) is 2. The third kappa shape index (κ3) is 3.88. The van der Waals surface area contributed by atoms with Crippen molar-refractivity contribution in [1.82, 2.24) is 14.8 Å². The van der Waals surface area contributed by atoms with Crippen molar-refractivity contribution in [2.24, 2.45) is 11.8 Å². The summed E-state index contributed by atoms with van der Waals surface area (Å²) in [7, 11) is 1.92. The number of benzene rings is 1. The summed E-state index contributed by atoms with van der Waals surface area (Å²) in [5, 5.41) is 13.0. The number of carbonyl (C=O) groups is 1. The van der Waals surface area contributed by atoms with E-state index in [0.717, 1.165) is 48.6 Å². The molecular formula is C26H29F2N3O3. The highest BCUT2D eigenvalue weighted by molar-refractivity contribution is 5.80. The third-order valence-corrected chi connectivity index (χ3v) is 7.68. The smallest absolute Gasteiger partial charge is 0.258 e. The number of aliphatic hydroxyl groups is 1. The molecule has 1 fully saturated rings. The highest BCUT2D eigenvalue weighted by Gasteiger charge is 2.54. The molecule has 1 amide bonds. The second kappa shape index (κ2) is 9.07. The lowest BCUT2D eigenvalue weighted by Gasteiger charge is -2.35. The van der Waals surface area contributed by atoms with Crippen LogP contribution in [-0.2, 0) is 17.9 Å². The number of halogens is 2. The lowest BCUT2D eigenvalue weighted by Crippen LogP contribution is -2.45. The van der Waals surface area contributed by atoms with Crippen LogP contribution in [0.2, 0.25) is 0 Å². The summed E-state index contributed by atoms with van der Waals surface area (Å²) in [6, 6.07) is 6.42. The predicted octanol–water partition coefficient (Wildman–Crippen LogP) is 2.99. The van der Waals surface area contributed by atoms with Crippen molar-refractivity contribution in [3.8, 4) is 0 Å². The van der Waals surface area contributed by atoms with Gasteiger partial charge in [-0.25, -0.2) is 8.78 Å². The molecule has 2 N–H and O–H groups in total. The van der Waals surface area contributed by atoms with Crippen LogP contribution in [-0.4, -0.2) is 40.2 Å². The summed E-state index contributed by atoms with van der Waals surface area (Å²) in [5.41, 5.74) is 2.86. The van der Waals surface area contributed by atoms with E-state index in [1.807, 2.05) is 19.2 Å². The minimum absolute atomic E-state index is 0.0246. The van der Waals surface area contributed by atoms with Gasteiger partial charge in [-0.3, -0.25) is 14.5 Å². The number of rotatable bonds is 5. The van der Waals surface area contributed by atoms with Crippen molar-refractivity contribution < 1.29 is 18.7 Å². The Kier molecular flexibility index (Phi) is 6.12. The summed E-state index contributed by atoms with van der Waals surface area (Å²) < 4.78 is 28.9. The summed E-state index contributed by atoms with van der Waals surface area (Å²) >= 11 is 0. The zero-order valence-corrected chi connectivity index (χ0v) is 19.1. The van der Waals surface area contributed by atoms with Crippen LogP contribution in [0, 0.1) is 23.5 Å². The molecule has 2 aliphatic heterocycles. The Bertz CT molecular complexity index is 1190. The van der Waals surface area contributed by atoms with Gasteiger partial charge in [0.1, 0.15) is 11.6 Å². The molecule has 3 heterocycles. The fraction of sp³-hybridized carbons (Fsp3) is 0.462. The molecule has 0 spiro atoms. The van der Waals surface area contributed by atoms with Crippen molar-refractivity contribution in [3.63, 3.8) is 0 Å². The van der Waals surface area contributed by atoms with Gasteiger partial charge >= 0.3 is 0 Å². The minimum Gasteiger partial charge on any atom is -0.396 e. The van der Waals surface area contributed by atoms with E-state index in [0.29, 0.717) is 12.1 Å². The average molecular weight is 470 g/mol. The number of aromatic nitrogens is 1. The number of likely N-dealkylation sites (N-methyl/N-ethyl adjacent to an activating group) is 1. The molecule has 180 valence electrons. The summed E-state index contributed by atoms with van der Waals surface area (Å²) in [5.74, 6) is -2.66. The zero-order chi connectivity index (χ0) is 24.0. The topological polar surface area (TPSA) is 74.6 Å². The van der Waals surface area contributed by atoms with Crippen LogP contribution in [0.3, 0.4) is 0 Å². The number of amides is 1. The van der Waals surface area contributed by atoms with E-state index in [9.17, 15) is 23.5 Å². The number of pyridine rings is 1. The first-order chi connectivity index (χ1) is 16.4. The Morgan fingerprint density at radius 1 is 1.18 bits per heavy atom. The molecule has 8 heteroatoms. The van der Waals surface area contributed by atoms with Gasteiger partial charge in [0.05, 0.1) is 12.0 Å². The van der Waals surface area contributed by atoms with Crippen molar-refractivity contribution >= 4 is 11.5 Å². The molecule has 0 radical (unpaired) electrons. The van der Waals surface area contributed by atoms with Crippen molar-refractivity contribution in [3.05, 3.63) is 75.2 Å². The summed E-state index contributed by atoms with van der Waals surface area (Å²) in [6.07, 6.45) is 6.24. The maximum Gasteiger partial charge on any atom is 0.258 e. The van der Waals surface area contributed by atoms with Gasteiger partial charge in [-0.05, 0) is 68.1 Å². The Hall–Kier alpha value is -2.84. The van der Waals surface area contributed by atoms with Gasteiger partial charge in [0, 0.05) is 49.0 Å². The van der Waals surface area contributed by atoms with Gasteiger partial charge in [-0.1, -0.05) is 6.08 Å². The van der Waals surface area contributed by atoms with Crippen LogP contribution in [0.4, 0.5) is 8.78 Å². The van der Waals surface area contributed by atoms with E-state index in [-0.39, 0.29) is 42.6 Å². The SMILES string of the molecule is CN1[C@@H]2c3ccc(C4=CCCCC4)c(=O)n3C[C@H]1[C@H](CO)[C@H]2C(=O)NCc1cc(F)cc(F)c1. The van der Waals surface area contributed by atoms with Crippen LogP contribution >= 0.6 is 0 Å². The van der Waals surface area contributed by atoms with E-state index in [2.05, 4.69) is 16.3 Å². The Morgan fingerprint density at radius 3 is 2.62 bits per heavy atom. The quantitative estimate of drug-likeness (QED) is 0.706. The number of fused-ring (bicyclic) bond motifs is 4. The van der Waals surface area contributed by atoms with E-state index >= 15 is 0 Å². The fourth-order valence-electron chi connectivity index (χ4n) is 6.04. The first-order valence-electron chi connectivity index (χ1n) is 11.9. The van der Waals surface area contributed by atoms with Crippen LogP contribution in [0.25, 0.3) is 5.57 Å². The van der Waals surface area contributed by atoms with Crippen LogP contribution < -0.4 is 10.9 Å². The van der Waals surface area contributed by atoms with E-state index < -0.39 is 17.6 Å². The fourth-order valence-corrected chi connectivity index (χ4v) is 6.04. The van der Waals surface area contributed by atoms with Gasteiger partial charge in [0.15, 0.2) is 0 Å². The van der Waals surface area contributed by atoms with Crippen LogP contribution in [0.5, 0.6) is 0 Å². The third-order valence-electron chi connectivity index (χ3n) is 7.68. The van der Waals surface area contributed by atoms with Crippen molar-refractivity contribution in [1.29, 1.82) is 0 Å². The molecule has 4 atom stereocenters. The molecule has 0 unspecified atom stereocenters. The Labute approximate surface area is 196 Å². The highest BCUT2D eigenvalue weighted by Crippen LogP contribution is 2.47. The van der Waals surface area contributed by atoms with Crippen LogP contribution in [0.1, 0.15) is 48.5 Å². The highest BCUT2D eigenvalue weighted by atomic mass is 19.1. The van der Waals surface area contributed by atoms with Gasteiger partial charge in [-0.15, -0.1) is 0 Å². The maximum absolute atomic E-state index is 13.5. The molecule has 1 aliphatic carbocycles. The molecule has 34 heavy (non-hydrogen) atoms. The number of hydrogen-bond acceptors (Lipinski definition) is 4. The van der Waals surface area contributed by atoms with Crippen LogP contribution in [0.15, 0.2) is 41.2 Å². The number of allylic oxidation sites excluding steroid dienone is 2. The lowest BCUT2D eigenvalue weighted by atomic mass is 9.86. The molecule has 0 saturated carbocycles. The van der Waals surface area contributed by atoms with E-state index in [1.165, 1.54) is 12.1 Å².